The molecule has 3 rings (SSSR count). The SMILES string of the molecule is CC(NCC(F)(F)F)C1COc2c(cn(C)c2C(=O)Nc2ccc(F)c(C#N)c2)S(=O)(=O)N1. The molecule has 2 aromatic rings. The van der Waals surface area contributed by atoms with Crippen LogP contribution in [0.4, 0.5) is 23.2 Å². The van der Waals surface area contributed by atoms with Gasteiger partial charge in [-0.2, -0.15) is 18.4 Å². The fourth-order valence-corrected chi connectivity index (χ4v) is 4.68. The summed E-state index contributed by atoms with van der Waals surface area (Å²) >= 11 is 0. The van der Waals surface area contributed by atoms with Crippen LogP contribution in [0.5, 0.6) is 5.75 Å². The van der Waals surface area contributed by atoms with Gasteiger partial charge in [0.2, 0.25) is 10.0 Å². The Bertz CT molecular complexity index is 1220. The van der Waals surface area contributed by atoms with Gasteiger partial charge in [0.15, 0.2) is 11.4 Å². The van der Waals surface area contributed by atoms with E-state index in [1.807, 2.05) is 0 Å². The van der Waals surface area contributed by atoms with E-state index in [0.717, 1.165) is 18.3 Å². The number of fused-ring (bicyclic) bond motifs is 1. The lowest BCUT2D eigenvalue weighted by atomic mass is 10.1. The number of sulfonamides is 1. The number of aryl methyl sites for hydroxylation is 1. The molecule has 1 amide bonds. The molecule has 2 heterocycles. The van der Waals surface area contributed by atoms with E-state index in [-0.39, 0.29) is 34.2 Å². The number of carbonyl (C=O) groups is 1. The Labute approximate surface area is 186 Å². The van der Waals surface area contributed by atoms with Gasteiger partial charge in [0.05, 0.1) is 18.2 Å². The quantitative estimate of drug-likeness (QED) is 0.551. The van der Waals surface area contributed by atoms with Gasteiger partial charge in [-0.15, -0.1) is 0 Å². The van der Waals surface area contributed by atoms with Gasteiger partial charge in [-0.3, -0.25) is 4.79 Å². The Hall–Kier alpha value is -3.15. The van der Waals surface area contributed by atoms with E-state index in [1.165, 1.54) is 24.6 Å². The van der Waals surface area contributed by atoms with Gasteiger partial charge in [0.25, 0.3) is 5.91 Å². The normalized spacial score (nSPS) is 18.4. The number of nitrogens with one attached hydrogen (secondary N) is 3. The second kappa shape index (κ2) is 9.00. The summed E-state index contributed by atoms with van der Waals surface area (Å²) in [7, 11) is -2.84. The summed E-state index contributed by atoms with van der Waals surface area (Å²) in [6.07, 6.45) is -3.35. The lowest BCUT2D eigenvalue weighted by molar-refractivity contribution is -0.126. The van der Waals surface area contributed by atoms with Crippen LogP contribution in [0.3, 0.4) is 0 Å². The Morgan fingerprint density at radius 1 is 1.42 bits per heavy atom. The fourth-order valence-electron chi connectivity index (χ4n) is 3.18. The molecule has 33 heavy (non-hydrogen) atoms. The number of nitrogens with zero attached hydrogens (tertiary/aromatic N) is 2. The molecule has 0 saturated heterocycles. The van der Waals surface area contributed by atoms with Crippen LogP contribution in [0.2, 0.25) is 0 Å². The van der Waals surface area contributed by atoms with Crippen LogP contribution in [-0.4, -0.2) is 50.3 Å². The summed E-state index contributed by atoms with van der Waals surface area (Å²) in [4.78, 5) is 12.5. The Kier molecular flexibility index (Phi) is 6.68. The molecule has 9 nitrogen and oxygen atoms in total. The van der Waals surface area contributed by atoms with Gasteiger partial charge in [0, 0.05) is 25.0 Å². The maximum Gasteiger partial charge on any atom is 0.401 e. The third kappa shape index (κ3) is 5.44. The topological polar surface area (TPSA) is 125 Å². The molecule has 3 N–H and O–H groups in total. The smallest absolute Gasteiger partial charge is 0.401 e. The van der Waals surface area contributed by atoms with Crippen molar-refractivity contribution in [1.82, 2.24) is 14.6 Å². The van der Waals surface area contributed by atoms with Gasteiger partial charge in [0.1, 0.15) is 23.4 Å². The lowest BCUT2D eigenvalue weighted by Crippen LogP contribution is -2.52. The average molecular weight is 489 g/mol. The number of aromatic nitrogens is 1. The summed E-state index contributed by atoms with van der Waals surface area (Å²) in [5.41, 5.74) is -0.398. The van der Waals surface area contributed by atoms with E-state index in [9.17, 15) is 30.8 Å². The number of rotatable bonds is 5. The number of hydrogen-bond donors (Lipinski definition) is 3. The highest BCUT2D eigenvalue weighted by Crippen LogP contribution is 2.33. The molecule has 1 aliphatic rings. The van der Waals surface area contributed by atoms with Gasteiger partial charge in [-0.05, 0) is 25.1 Å². The first-order valence-corrected chi connectivity index (χ1v) is 11.0. The molecule has 2 atom stereocenters. The number of hydrogen-bond acceptors (Lipinski definition) is 6. The maximum absolute atomic E-state index is 13.5. The zero-order chi connectivity index (χ0) is 24.6. The van der Waals surface area contributed by atoms with Crippen molar-refractivity contribution in [1.29, 1.82) is 5.26 Å². The molecular formula is C19H19F4N5O4S. The first-order chi connectivity index (χ1) is 15.3. The van der Waals surface area contributed by atoms with Crippen LogP contribution in [0.25, 0.3) is 0 Å². The number of benzene rings is 1. The van der Waals surface area contributed by atoms with Crippen molar-refractivity contribution in [3.8, 4) is 11.8 Å². The molecule has 1 aliphatic heterocycles. The predicted molar refractivity (Wildman–Crippen MR) is 108 cm³/mol. The Morgan fingerprint density at radius 2 is 2.12 bits per heavy atom. The van der Waals surface area contributed by atoms with E-state index in [1.54, 1.807) is 6.07 Å². The summed E-state index contributed by atoms with van der Waals surface area (Å²) < 4.78 is 85.7. The van der Waals surface area contributed by atoms with Crippen LogP contribution in [0.15, 0.2) is 29.3 Å². The largest absolute Gasteiger partial charge is 0.488 e. The van der Waals surface area contributed by atoms with Gasteiger partial charge in [-0.25, -0.2) is 17.5 Å². The lowest BCUT2D eigenvalue weighted by Gasteiger charge is -2.24. The van der Waals surface area contributed by atoms with E-state index in [0.29, 0.717) is 0 Å². The van der Waals surface area contributed by atoms with Crippen LogP contribution < -0.4 is 20.1 Å². The molecule has 0 spiro atoms. The molecule has 178 valence electrons. The minimum atomic E-state index is -4.49. The van der Waals surface area contributed by atoms with Crippen molar-refractivity contribution in [3.05, 3.63) is 41.5 Å². The molecular weight excluding hydrogens is 470 g/mol. The first kappa shape index (κ1) is 24.5. The van der Waals surface area contributed by atoms with Crippen LogP contribution in [0.1, 0.15) is 23.0 Å². The molecule has 1 aromatic carbocycles. The highest BCUT2D eigenvalue weighted by atomic mass is 32.2. The van der Waals surface area contributed by atoms with E-state index >= 15 is 0 Å². The summed E-state index contributed by atoms with van der Waals surface area (Å²) in [5.74, 6) is -1.86. The molecule has 0 bridgehead atoms. The molecule has 2 unspecified atom stereocenters. The van der Waals surface area contributed by atoms with Crippen molar-refractivity contribution >= 4 is 21.6 Å². The van der Waals surface area contributed by atoms with E-state index in [2.05, 4.69) is 15.4 Å². The number of ether oxygens (including phenoxy) is 1. The zero-order valence-corrected chi connectivity index (χ0v) is 18.1. The second-order valence-corrected chi connectivity index (χ2v) is 9.05. The third-order valence-electron chi connectivity index (χ3n) is 4.89. The van der Waals surface area contributed by atoms with Crippen molar-refractivity contribution in [2.24, 2.45) is 7.05 Å². The van der Waals surface area contributed by atoms with Crippen molar-refractivity contribution < 1.29 is 35.5 Å². The van der Waals surface area contributed by atoms with E-state index < -0.39 is 46.6 Å². The molecule has 1 aromatic heterocycles. The number of amides is 1. The fraction of sp³-hybridized carbons (Fsp3) is 0.368. The van der Waals surface area contributed by atoms with Crippen LogP contribution in [0, 0.1) is 17.1 Å². The number of alkyl halides is 3. The number of halogens is 4. The monoisotopic (exact) mass is 489 g/mol. The average Bonchev–Trinajstić information content (AvgIpc) is 3.00. The molecule has 0 fully saturated rings. The number of anilines is 1. The highest BCUT2D eigenvalue weighted by molar-refractivity contribution is 7.89. The Balaban J connectivity index is 1.87. The summed E-state index contributed by atoms with van der Waals surface area (Å²) in [6.45, 7) is -0.304. The second-order valence-electron chi connectivity index (χ2n) is 7.37. The van der Waals surface area contributed by atoms with Crippen molar-refractivity contribution in [3.63, 3.8) is 0 Å². The zero-order valence-electron chi connectivity index (χ0n) is 17.3. The number of carbonyl (C=O) groups excluding carboxylic acids is 1. The van der Waals surface area contributed by atoms with Gasteiger partial charge in [-0.1, -0.05) is 0 Å². The van der Waals surface area contributed by atoms with Crippen LogP contribution in [-0.2, 0) is 17.1 Å². The predicted octanol–water partition coefficient (Wildman–Crippen LogP) is 1.87. The first-order valence-electron chi connectivity index (χ1n) is 9.48. The van der Waals surface area contributed by atoms with Gasteiger partial charge < -0.3 is 19.9 Å². The number of nitriles is 1. The maximum atomic E-state index is 13.5. The minimum Gasteiger partial charge on any atom is -0.488 e. The highest BCUT2D eigenvalue weighted by Gasteiger charge is 2.37. The van der Waals surface area contributed by atoms with Crippen molar-refractivity contribution in [2.75, 3.05) is 18.5 Å². The van der Waals surface area contributed by atoms with Gasteiger partial charge >= 0.3 is 6.18 Å². The third-order valence-corrected chi connectivity index (χ3v) is 6.38. The molecule has 0 saturated carbocycles. The van der Waals surface area contributed by atoms with E-state index in [4.69, 9.17) is 10.00 Å². The summed E-state index contributed by atoms with van der Waals surface area (Å²) in [5, 5.41) is 13.6. The molecule has 14 heteroatoms. The standard InChI is InChI=1S/C19H19F4N5O4S/c1-10(25-9-19(21,22)23)14-8-32-17-15(33(30,31)27-14)7-28(2)16(17)18(29)26-12-3-4-13(20)11(5-12)6-24/h3-5,7,10,14,25,27H,8-9H2,1-2H3,(H,26,29). The van der Waals surface area contributed by atoms with Crippen molar-refractivity contribution in [2.45, 2.75) is 30.1 Å². The Morgan fingerprint density at radius 3 is 2.76 bits per heavy atom. The molecule has 0 radical (unpaired) electrons. The van der Waals surface area contributed by atoms with Crippen LogP contribution >= 0.6 is 0 Å². The summed E-state index contributed by atoms with van der Waals surface area (Å²) in [6, 6.07) is 2.96. The molecule has 0 aliphatic carbocycles. The minimum absolute atomic E-state index is 0.0883.